The van der Waals surface area contributed by atoms with Crippen LogP contribution < -0.4 is 4.74 Å². The lowest BCUT2D eigenvalue weighted by molar-refractivity contribution is -0.0598. The van der Waals surface area contributed by atoms with Gasteiger partial charge in [0.1, 0.15) is 17.8 Å². The number of rotatable bonds is 8. The Balaban J connectivity index is 1.12. The highest BCUT2D eigenvalue weighted by atomic mass is 35.5. The minimum atomic E-state index is 0.145. The lowest BCUT2D eigenvalue weighted by atomic mass is 10.1. The largest absolute Gasteiger partial charge is 0.474 e. The average Bonchev–Trinajstić information content (AvgIpc) is 3.21. The zero-order valence-electron chi connectivity index (χ0n) is 18.4. The lowest BCUT2D eigenvalue weighted by Gasteiger charge is -2.32. The van der Waals surface area contributed by atoms with Gasteiger partial charge in [0.25, 0.3) is 0 Å². The number of piperidine rings is 1. The standard InChI is InChI=1S/C24H27Cl2N5O2/c25-18-2-1-17(21(26)14-18)13-22-27-7-3-24(29-22)33-19-4-9-30(10-5-19)16-23-28-8-11-31(23)15-20-6-12-32-20/h1-3,7-8,11,14,19-20H,4-6,9-10,12-13,15-16H2/t20-/m0/s1. The molecule has 0 spiro atoms. The third kappa shape index (κ3) is 5.84. The summed E-state index contributed by atoms with van der Waals surface area (Å²) in [6.07, 6.45) is 9.73. The molecule has 0 N–H and O–H groups in total. The van der Waals surface area contributed by atoms with E-state index in [2.05, 4.69) is 30.6 Å². The van der Waals surface area contributed by atoms with Crippen molar-refractivity contribution < 1.29 is 9.47 Å². The fraction of sp³-hybridized carbons (Fsp3) is 0.458. The van der Waals surface area contributed by atoms with E-state index in [4.69, 9.17) is 32.7 Å². The molecule has 3 aromatic rings. The summed E-state index contributed by atoms with van der Waals surface area (Å²) < 4.78 is 14.0. The normalized spacial score (nSPS) is 19.4. The fourth-order valence-electron chi connectivity index (χ4n) is 4.23. The van der Waals surface area contributed by atoms with Crippen molar-refractivity contribution in [3.8, 4) is 5.88 Å². The van der Waals surface area contributed by atoms with Crippen LogP contribution in [-0.2, 0) is 24.2 Å². The van der Waals surface area contributed by atoms with Gasteiger partial charge in [-0.2, -0.15) is 4.98 Å². The highest BCUT2D eigenvalue weighted by Crippen LogP contribution is 2.24. The van der Waals surface area contributed by atoms with Crippen molar-refractivity contribution in [2.75, 3.05) is 19.7 Å². The van der Waals surface area contributed by atoms with Gasteiger partial charge in [0, 0.05) is 60.8 Å². The molecular formula is C24H27Cl2N5O2. The van der Waals surface area contributed by atoms with Crippen LogP contribution in [0.1, 0.15) is 36.5 Å². The number of halogens is 2. The van der Waals surface area contributed by atoms with Gasteiger partial charge in [-0.3, -0.25) is 4.90 Å². The van der Waals surface area contributed by atoms with Crippen LogP contribution in [-0.4, -0.2) is 56.3 Å². The van der Waals surface area contributed by atoms with E-state index in [1.165, 1.54) is 0 Å². The molecule has 33 heavy (non-hydrogen) atoms. The van der Waals surface area contributed by atoms with Crippen molar-refractivity contribution in [2.24, 2.45) is 0 Å². The van der Waals surface area contributed by atoms with E-state index in [0.717, 1.165) is 63.4 Å². The molecule has 0 bridgehead atoms. The topological polar surface area (TPSA) is 65.3 Å². The van der Waals surface area contributed by atoms with Gasteiger partial charge >= 0.3 is 0 Å². The Bertz CT molecular complexity index is 1080. The molecule has 2 fully saturated rings. The molecular weight excluding hydrogens is 461 g/mol. The number of likely N-dealkylation sites (tertiary alicyclic amines) is 1. The summed E-state index contributed by atoms with van der Waals surface area (Å²) in [6.45, 7) is 4.56. The van der Waals surface area contributed by atoms with Crippen LogP contribution in [0.2, 0.25) is 10.0 Å². The Labute approximate surface area is 203 Å². The predicted octanol–water partition coefficient (Wildman–Crippen LogP) is 4.40. The van der Waals surface area contributed by atoms with Crippen LogP contribution in [0.15, 0.2) is 42.9 Å². The summed E-state index contributed by atoms with van der Waals surface area (Å²) in [4.78, 5) is 16.0. The molecule has 0 aliphatic carbocycles. The van der Waals surface area contributed by atoms with E-state index in [0.29, 0.717) is 34.3 Å². The molecule has 2 aliphatic rings. The molecule has 2 aromatic heterocycles. The molecule has 2 saturated heterocycles. The summed E-state index contributed by atoms with van der Waals surface area (Å²) in [7, 11) is 0. The minimum Gasteiger partial charge on any atom is -0.474 e. The molecule has 5 rings (SSSR count). The van der Waals surface area contributed by atoms with Gasteiger partial charge in [-0.15, -0.1) is 0 Å². The van der Waals surface area contributed by atoms with Crippen LogP contribution >= 0.6 is 23.2 Å². The van der Waals surface area contributed by atoms with Crippen molar-refractivity contribution in [3.05, 3.63) is 70.1 Å². The number of hydrogen-bond donors (Lipinski definition) is 0. The first-order valence-electron chi connectivity index (χ1n) is 11.4. The molecule has 7 nitrogen and oxygen atoms in total. The third-order valence-electron chi connectivity index (χ3n) is 6.23. The maximum Gasteiger partial charge on any atom is 0.216 e. The van der Waals surface area contributed by atoms with Crippen molar-refractivity contribution >= 4 is 23.2 Å². The maximum atomic E-state index is 6.30. The minimum absolute atomic E-state index is 0.145. The van der Waals surface area contributed by atoms with E-state index in [9.17, 15) is 0 Å². The second-order valence-corrected chi connectivity index (χ2v) is 9.44. The first-order valence-corrected chi connectivity index (χ1v) is 12.1. The van der Waals surface area contributed by atoms with Gasteiger partial charge in [0.05, 0.1) is 19.2 Å². The molecule has 0 amide bonds. The molecule has 174 valence electrons. The van der Waals surface area contributed by atoms with Crippen LogP contribution in [0, 0.1) is 0 Å². The van der Waals surface area contributed by atoms with Crippen molar-refractivity contribution in [3.63, 3.8) is 0 Å². The molecule has 4 heterocycles. The zero-order valence-corrected chi connectivity index (χ0v) is 19.9. The Hall–Kier alpha value is -2.19. The predicted molar refractivity (Wildman–Crippen MR) is 127 cm³/mol. The van der Waals surface area contributed by atoms with Gasteiger partial charge in [0.15, 0.2) is 0 Å². The van der Waals surface area contributed by atoms with E-state index < -0.39 is 0 Å². The number of benzene rings is 1. The molecule has 0 saturated carbocycles. The van der Waals surface area contributed by atoms with E-state index in [1.54, 1.807) is 12.3 Å². The van der Waals surface area contributed by atoms with Crippen LogP contribution in [0.5, 0.6) is 5.88 Å². The van der Waals surface area contributed by atoms with Crippen molar-refractivity contribution in [1.29, 1.82) is 0 Å². The average molecular weight is 488 g/mol. The third-order valence-corrected chi connectivity index (χ3v) is 6.81. The Kier molecular flexibility index (Phi) is 7.11. The molecule has 2 aliphatic heterocycles. The van der Waals surface area contributed by atoms with E-state index >= 15 is 0 Å². The summed E-state index contributed by atoms with van der Waals surface area (Å²) in [5.41, 5.74) is 0.939. The highest BCUT2D eigenvalue weighted by molar-refractivity contribution is 6.35. The van der Waals surface area contributed by atoms with E-state index in [-0.39, 0.29) is 6.10 Å². The Morgan fingerprint density at radius 3 is 2.67 bits per heavy atom. The number of ether oxygens (including phenoxy) is 2. The van der Waals surface area contributed by atoms with Crippen molar-refractivity contribution in [1.82, 2.24) is 24.4 Å². The second kappa shape index (κ2) is 10.4. The number of hydrogen-bond acceptors (Lipinski definition) is 6. The monoisotopic (exact) mass is 487 g/mol. The van der Waals surface area contributed by atoms with Gasteiger partial charge in [-0.1, -0.05) is 29.3 Å². The Morgan fingerprint density at radius 1 is 1.06 bits per heavy atom. The smallest absolute Gasteiger partial charge is 0.216 e. The summed E-state index contributed by atoms with van der Waals surface area (Å²) in [6, 6.07) is 7.28. The van der Waals surface area contributed by atoms with Crippen molar-refractivity contribution in [2.45, 2.75) is 51.0 Å². The molecule has 9 heteroatoms. The quantitative estimate of drug-likeness (QED) is 0.468. The van der Waals surface area contributed by atoms with Gasteiger partial charge in [-0.05, 0) is 37.0 Å². The van der Waals surface area contributed by atoms with Crippen LogP contribution in [0.4, 0.5) is 0 Å². The first-order chi connectivity index (χ1) is 16.1. The molecule has 1 aromatic carbocycles. The van der Waals surface area contributed by atoms with Gasteiger partial charge in [-0.25, -0.2) is 9.97 Å². The summed E-state index contributed by atoms with van der Waals surface area (Å²) >= 11 is 12.3. The molecule has 0 radical (unpaired) electrons. The Morgan fingerprint density at radius 2 is 1.91 bits per heavy atom. The summed E-state index contributed by atoms with van der Waals surface area (Å²) in [5, 5.41) is 1.23. The number of nitrogens with zero attached hydrogens (tertiary/aromatic N) is 5. The number of aromatic nitrogens is 4. The van der Waals surface area contributed by atoms with E-state index in [1.807, 2.05) is 24.4 Å². The van der Waals surface area contributed by atoms with Gasteiger partial charge < -0.3 is 14.0 Å². The number of imidazole rings is 1. The van der Waals surface area contributed by atoms with Crippen LogP contribution in [0.25, 0.3) is 0 Å². The van der Waals surface area contributed by atoms with Crippen LogP contribution in [0.3, 0.4) is 0 Å². The highest BCUT2D eigenvalue weighted by Gasteiger charge is 2.24. The molecule has 1 atom stereocenters. The molecule has 0 unspecified atom stereocenters. The maximum absolute atomic E-state index is 6.30. The summed E-state index contributed by atoms with van der Waals surface area (Å²) in [5.74, 6) is 2.39. The SMILES string of the molecule is Clc1ccc(Cc2nccc(OC3CCN(Cc4nccn4C[C@@H]4CCO4)CC3)n2)c(Cl)c1. The lowest BCUT2D eigenvalue weighted by Crippen LogP contribution is -2.39. The fourth-order valence-corrected chi connectivity index (χ4v) is 4.70. The zero-order chi connectivity index (χ0) is 22.6. The van der Waals surface area contributed by atoms with Gasteiger partial charge in [0.2, 0.25) is 5.88 Å². The second-order valence-electron chi connectivity index (χ2n) is 8.59. The first kappa shape index (κ1) is 22.6.